The monoisotopic (exact) mass is 189 g/mol. The molecule has 0 saturated heterocycles. The summed E-state index contributed by atoms with van der Waals surface area (Å²) in [6.07, 6.45) is 3.38. The molecule has 0 fully saturated rings. The van der Waals surface area contributed by atoms with Crippen LogP contribution in [0.1, 0.15) is 30.9 Å². The normalized spacial score (nSPS) is 9.50. The molecule has 0 heterocycles. The van der Waals surface area contributed by atoms with E-state index >= 15 is 0 Å². The van der Waals surface area contributed by atoms with Crippen LogP contribution in [-0.4, -0.2) is 7.11 Å². The van der Waals surface area contributed by atoms with Gasteiger partial charge in [0.15, 0.2) is 0 Å². The minimum atomic E-state index is 0.626. The number of nitriles is 1. The van der Waals surface area contributed by atoms with Crippen molar-refractivity contribution in [1.82, 2.24) is 0 Å². The average Bonchev–Trinajstić information content (AvgIpc) is 2.25. The van der Waals surface area contributed by atoms with Crippen LogP contribution in [0.5, 0.6) is 5.75 Å². The van der Waals surface area contributed by atoms with E-state index in [1.165, 1.54) is 12.0 Å². The zero-order valence-electron chi connectivity index (χ0n) is 8.71. The molecule has 1 rings (SSSR count). The van der Waals surface area contributed by atoms with E-state index in [-0.39, 0.29) is 0 Å². The summed E-state index contributed by atoms with van der Waals surface area (Å²) in [7, 11) is 1.59. The van der Waals surface area contributed by atoms with Crippen LogP contribution in [0.25, 0.3) is 0 Å². The van der Waals surface area contributed by atoms with Crippen molar-refractivity contribution < 1.29 is 4.74 Å². The Kier molecular flexibility index (Phi) is 4.00. The highest BCUT2D eigenvalue weighted by Crippen LogP contribution is 2.19. The van der Waals surface area contributed by atoms with Crippen molar-refractivity contribution >= 4 is 0 Å². The molecule has 0 bridgehead atoms. The predicted octanol–water partition coefficient (Wildman–Crippen LogP) is 2.91. The van der Waals surface area contributed by atoms with Crippen molar-refractivity contribution in [2.45, 2.75) is 26.2 Å². The van der Waals surface area contributed by atoms with E-state index in [9.17, 15) is 0 Å². The second kappa shape index (κ2) is 5.29. The van der Waals surface area contributed by atoms with Crippen molar-refractivity contribution in [1.29, 1.82) is 5.26 Å². The van der Waals surface area contributed by atoms with Gasteiger partial charge in [-0.15, -0.1) is 0 Å². The van der Waals surface area contributed by atoms with Gasteiger partial charge in [-0.1, -0.05) is 19.4 Å². The Bertz CT molecular complexity index is 339. The molecule has 0 amide bonds. The van der Waals surface area contributed by atoms with E-state index in [2.05, 4.69) is 13.0 Å². The summed E-state index contributed by atoms with van der Waals surface area (Å²) in [5.74, 6) is 0.660. The largest absolute Gasteiger partial charge is 0.495 e. The second-order valence-corrected chi connectivity index (χ2v) is 3.25. The molecule has 0 N–H and O–H groups in total. The lowest BCUT2D eigenvalue weighted by atomic mass is 10.1. The van der Waals surface area contributed by atoms with Gasteiger partial charge in [0.25, 0.3) is 0 Å². The number of ether oxygens (including phenoxy) is 1. The molecular weight excluding hydrogens is 174 g/mol. The van der Waals surface area contributed by atoms with Crippen LogP contribution in [0, 0.1) is 11.3 Å². The standard InChI is InChI=1S/C12H15NO/c1-3-4-5-10-6-7-12(14-2)11(8-10)9-13/h6-8H,3-5H2,1-2H3. The van der Waals surface area contributed by atoms with Crippen LogP contribution in [0.15, 0.2) is 18.2 Å². The molecule has 0 spiro atoms. The molecule has 0 atom stereocenters. The number of benzene rings is 1. The lowest BCUT2D eigenvalue weighted by molar-refractivity contribution is 0.413. The van der Waals surface area contributed by atoms with E-state index in [0.717, 1.165) is 12.8 Å². The van der Waals surface area contributed by atoms with E-state index in [1.54, 1.807) is 7.11 Å². The first-order valence-corrected chi connectivity index (χ1v) is 4.88. The first kappa shape index (κ1) is 10.6. The smallest absolute Gasteiger partial charge is 0.136 e. The number of aryl methyl sites for hydroxylation is 1. The fourth-order valence-electron chi connectivity index (χ4n) is 1.38. The highest BCUT2D eigenvalue weighted by Gasteiger charge is 2.02. The lowest BCUT2D eigenvalue weighted by Gasteiger charge is -2.05. The van der Waals surface area contributed by atoms with Crippen molar-refractivity contribution in [3.8, 4) is 11.8 Å². The van der Waals surface area contributed by atoms with Gasteiger partial charge in [-0.05, 0) is 30.5 Å². The highest BCUT2D eigenvalue weighted by atomic mass is 16.5. The summed E-state index contributed by atoms with van der Waals surface area (Å²) in [4.78, 5) is 0. The summed E-state index contributed by atoms with van der Waals surface area (Å²) < 4.78 is 5.07. The number of hydrogen-bond acceptors (Lipinski definition) is 2. The van der Waals surface area contributed by atoms with E-state index < -0.39 is 0 Å². The third-order valence-electron chi connectivity index (χ3n) is 2.20. The quantitative estimate of drug-likeness (QED) is 0.729. The average molecular weight is 189 g/mol. The summed E-state index contributed by atoms with van der Waals surface area (Å²) in [5.41, 5.74) is 1.84. The molecule has 1 aromatic rings. The molecule has 0 saturated carbocycles. The number of methoxy groups -OCH3 is 1. The van der Waals surface area contributed by atoms with Crippen LogP contribution in [-0.2, 0) is 6.42 Å². The molecule has 0 aromatic heterocycles. The van der Waals surface area contributed by atoms with Gasteiger partial charge in [0.05, 0.1) is 12.7 Å². The Morgan fingerprint density at radius 2 is 2.21 bits per heavy atom. The number of rotatable bonds is 4. The van der Waals surface area contributed by atoms with Crippen LogP contribution >= 0.6 is 0 Å². The molecule has 1 aromatic carbocycles. The van der Waals surface area contributed by atoms with Gasteiger partial charge in [-0.25, -0.2) is 0 Å². The maximum Gasteiger partial charge on any atom is 0.136 e. The predicted molar refractivity (Wildman–Crippen MR) is 56.3 cm³/mol. The third kappa shape index (κ3) is 2.50. The number of nitrogens with zero attached hydrogens (tertiary/aromatic N) is 1. The molecule has 0 aliphatic carbocycles. The molecule has 0 unspecified atom stereocenters. The van der Waals surface area contributed by atoms with Gasteiger partial charge in [0.1, 0.15) is 11.8 Å². The van der Waals surface area contributed by atoms with E-state index in [1.807, 2.05) is 18.2 Å². The van der Waals surface area contributed by atoms with Crippen LogP contribution in [0.3, 0.4) is 0 Å². The van der Waals surface area contributed by atoms with Gasteiger partial charge in [0.2, 0.25) is 0 Å². The van der Waals surface area contributed by atoms with Crippen LogP contribution in [0.2, 0.25) is 0 Å². The zero-order chi connectivity index (χ0) is 10.4. The van der Waals surface area contributed by atoms with Crippen molar-refractivity contribution in [2.75, 3.05) is 7.11 Å². The van der Waals surface area contributed by atoms with Gasteiger partial charge >= 0.3 is 0 Å². The van der Waals surface area contributed by atoms with E-state index in [0.29, 0.717) is 11.3 Å². The minimum absolute atomic E-state index is 0.626. The SMILES string of the molecule is CCCCc1ccc(OC)c(C#N)c1. The van der Waals surface area contributed by atoms with Crippen molar-refractivity contribution in [3.63, 3.8) is 0 Å². The third-order valence-corrected chi connectivity index (χ3v) is 2.20. The number of unbranched alkanes of at least 4 members (excludes halogenated alkanes) is 1. The number of hydrogen-bond donors (Lipinski definition) is 0. The van der Waals surface area contributed by atoms with Crippen LogP contribution in [0.4, 0.5) is 0 Å². The molecule has 0 radical (unpaired) electrons. The molecule has 2 nitrogen and oxygen atoms in total. The Labute approximate surface area is 85.1 Å². The first-order chi connectivity index (χ1) is 6.81. The molecule has 2 heteroatoms. The Balaban J connectivity index is 2.86. The molecule has 0 aliphatic rings. The topological polar surface area (TPSA) is 33.0 Å². The van der Waals surface area contributed by atoms with Gasteiger partial charge in [0, 0.05) is 0 Å². The molecule has 14 heavy (non-hydrogen) atoms. The summed E-state index contributed by atoms with van der Waals surface area (Å²) >= 11 is 0. The Hall–Kier alpha value is -1.49. The molecule has 0 aliphatic heterocycles. The summed E-state index contributed by atoms with van der Waals surface area (Å²) in [5, 5.41) is 8.87. The van der Waals surface area contributed by atoms with Crippen LogP contribution < -0.4 is 4.74 Å². The van der Waals surface area contributed by atoms with E-state index in [4.69, 9.17) is 10.00 Å². The Morgan fingerprint density at radius 3 is 2.79 bits per heavy atom. The second-order valence-electron chi connectivity index (χ2n) is 3.25. The van der Waals surface area contributed by atoms with Gasteiger partial charge < -0.3 is 4.74 Å². The zero-order valence-corrected chi connectivity index (χ0v) is 8.71. The maximum atomic E-state index is 8.87. The summed E-state index contributed by atoms with van der Waals surface area (Å²) in [6.45, 7) is 2.16. The minimum Gasteiger partial charge on any atom is -0.495 e. The van der Waals surface area contributed by atoms with Crippen molar-refractivity contribution in [2.24, 2.45) is 0 Å². The van der Waals surface area contributed by atoms with Gasteiger partial charge in [-0.2, -0.15) is 5.26 Å². The molecule has 74 valence electrons. The lowest BCUT2D eigenvalue weighted by Crippen LogP contribution is -1.91. The Morgan fingerprint density at radius 1 is 1.43 bits per heavy atom. The van der Waals surface area contributed by atoms with Crippen molar-refractivity contribution in [3.05, 3.63) is 29.3 Å². The highest BCUT2D eigenvalue weighted by molar-refractivity contribution is 5.45. The molecular formula is C12H15NO. The van der Waals surface area contributed by atoms with Gasteiger partial charge in [-0.3, -0.25) is 0 Å². The fourth-order valence-corrected chi connectivity index (χ4v) is 1.38. The first-order valence-electron chi connectivity index (χ1n) is 4.88. The fraction of sp³-hybridized carbons (Fsp3) is 0.417. The summed E-state index contributed by atoms with van der Waals surface area (Å²) in [6, 6.07) is 7.94. The maximum absolute atomic E-state index is 8.87.